The molecule has 0 nitrogen and oxygen atoms in total. The molecule has 2 aliphatic carbocycles. The first kappa shape index (κ1) is 15.6. The second-order valence-corrected chi connectivity index (χ2v) is 7.84. The zero-order valence-electron chi connectivity index (χ0n) is 15.5. The fraction of sp³-hybridized carbons (Fsp3) is 0.231. The summed E-state index contributed by atoms with van der Waals surface area (Å²) < 4.78 is 0. The standard InChI is InChI=1S/C26H24/c1-18-12-13-22-23(16-18)26(14-8-4-3-5-9-15-26)24-17-19(2)20-10-6-7-11-21(20)25(22)24/h4,6-13,15-17H,3,5,14H2,1-2H3/b8-4-,15-9-. The van der Waals surface area contributed by atoms with E-state index in [1.807, 2.05) is 0 Å². The molecule has 0 radical (unpaired) electrons. The Bertz CT molecular complexity index is 1080. The van der Waals surface area contributed by atoms with Gasteiger partial charge in [-0.3, -0.25) is 0 Å². The van der Waals surface area contributed by atoms with E-state index in [1.165, 1.54) is 44.2 Å². The van der Waals surface area contributed by atoms with Gasteiger partial charge in [-0.25, -0.2) is 0 Å². The van der Waals surface area contributed by atoms with E-state index in [2.05, 4.69) is 86.7 Å². The molecule has 0 aromatic heterocycles. The van der Waals surface area contributed by atoms with Gasteiger partial charge in [-0.1, -0.05) is 78.4 Å². The summed E-state index contributed by atoms with van der Waals surface area (Å²) in [5.74, 6) is 0. The van der Waals surface area contributed by atoms with Crippen molar-refractivity contribution in [3.63, 3.8) is 0 Å². The van der Waals surface area contributed by atoms with Crippen LogP contribution in [0.4, 0.5) is 0 Å². The van der Waals surface area contributed by atoms with E-state index in [0.717, 1.165) is 19.3 Å². The van der Waals surface area contributed by atoms with Crippen LogP contribution in [0.25, 0.3) is 21.9 Å². The third-order valence-electron chi connectivity index (χ3n) is 6.17. The minimum Gasteiger partial charge on any atom is -0.0882 e. The third kappa shape index (κ3) is 2.08. The fourth-order valence-corrected chi connectivity index (χ4v) is 4.92. The molecule has 0 N–H and O–H groups in total. The molecule has 2 aliphatic rings. The van der Waals surface area contributed by atoms with E-state index in [-0.39, 0.29) is 5.41 Å². The number of fused-ring (bicyclic) bond motifs is 7. The molecule has 1 atom stereocenters. The lowest BCUT2D eigenvalue weighted by molar-refractivity contribution is 0.662. The Morgan fingerprint density at radius 2 is 1.58 bits per heavy atom. The molecule has 0 fully saturated rings. The predicted molar refractivity (Wildman–Crippen MR) is 112 cm³/mol. The van der Waals surface area contributed by atoms with Crippen molar-refractivity contribution in [2.24, 2.45) is 0 Å². The average molecular weight is 336 g/mol. The summed E-state index contributed by atoms with van der Waals surface area (Å²) in [5.41, 5.74) is 8.52. The summed E-state index contributed by atoms with van der Waals surface area (Å²) in [6.45, 7) is 4.47. The van der Waals surface area contributed by atoms with Crippen LogP contribution in [0.15, 0.2) is 72.8 Å². The van der Waals surface area contributed by atoms with Crippen molar-refractivity contribution in [1.82, 2.24) is 0 Å². The molecule has 1 unspecified atom stereocenters. The molecular weight excluding hydrogens is 312 g/mol. The van der Waals surface area contributed by atoms with Crippen LogP contribution in [0.1, 0.15) is 41.5 Å². The van der Waals surface area contributed by atoms with Gasteiger partial charge in [0.15, 0.2) is 0 Å². The van der Waals surface area contributed by atoms with Gasteiger partial charge >= 0.3 is 0 Å². The largest absolute Gasteiger partial charge is 0.0882 e. The molecule has 128 valence electrons. The highest BCUT2D eigenvalue weighted by atomic mass is 14.4. The van der Waals surface area contributed by atoms with Crippen LogP contribution >= 0.6 is 0 Å². The monoisotopic (exact) mass is 336 g/mol. The first-order chi connectivity index (χ1) is 12.7. The van der Waals surface area contributed by atoms with Gasteiger partial charge in [0.1, 0.15) is 0 Å². The summed E-state index contributed by atoms with van der Waals surface area (Å²) in [4.78, 5) is 0. The van der Waals surface area contributed by atoms with Crippen LogP contribution < -0.4 is 0 Å². The number of hydrogen-bond acceptors (Lipinski definition) is 0. The van der Waals surface area contributed by atoms with Crippen LogP contribution in [0, 0.1) is 13.8 Å². The molecule has 0 bridgehead atoms. The summed E-state index contributed by atoms with van der Waals surface area (Å²) >= 11 is 0. The predicted octanol–water partition coefficient (Wildman–Crippen LogP) is 7.02. The first-order valence-corrected chi connectivity index (χ1v) is 9.68. The summed E-state index contributed by atoms with van der Waals surface area (Å²) in [6, 6.07) is 18.4. The number of rotatable bonds is 0. The fourth-order valence-electron chi connectivity index (χ4n) is 4.92. The van der Waals surface area contributed by atoms with Crippen molar-refractivity contribution in [2.45, 2.75) is 38.5 Å². The van der Waals surface area contributed by atoms with Gasteiger partial charge in [0.05, 0.1) is 0 Å². The lowest BCUT2D eigenvalue weighted by Gasteiger charge is -2.29. The van der Waals surface area contributed by atoms with E-state index in [0.29, 0.717) is 0 Å². The van der Waals surface area contributed by atoms with Crippen LogP contribution in [-0.2, 0) is 5.41 Å². The van der Waals surface area contributed by atoms with Gasteiger partial charge in [0.25, 0.3) is 0 Å². The lowest BCUT2D eigenvalue weighted by Crippen LogP contribution is -2.22. The van der Waals surface area contributed by atoms with Gasteiger partial charge in [0.2, 0.25) is 0 Å². The molecule has 0 heterocycles. The Kier molecular flexibility index (Phi) is 3.43. The van der Waals surface area contributed by atoms with Crippen molar-refractivity contribution >= 4 is 10.8 Å². The summed E-state index contributed by atoms with van der Waals surface area (Å²) in [5, 5.41) is 2.77. The minimum absolute atomic E-state index is 0.0254. The maximum atomic E-state index is 2.49. The molecule has 5 rings (SSSR count). The van der Waals surface area contributed by atoms with Gasteiger partial charge in [-0.05, 0) is 71.7 Å². The van der Waals surface area contributed by atoms with Crippen LogP contribution in [0.3, 0.4) is 0 Å². The zero-order chi connectivity index (χ0) is 17.7. The molecule has 26 heavy (non-hydrogen) atoms. The topological polar surface area (TPSA) is 0 Å². The van der Waals surface area contributed by atoms with Crippen molar-refractivity contribution < 1.29 is 0 Å². The number of aryl methyl sites for hydroxylation is 2. The minimum atomic E-state index is -0.0254. The second-order valence-electron chi connectivity index (χ2n) is 7.84. The van der Waals surface area contributed by atoms with Crippen molar-refractivity contribution in [3.05, 3.63) is 95.1 Å². The Labute approximate surface area is 155 Å². The smallest absolute Gasteiger partial charge is 0.0429 e. The lowest BCUT2D eigenvalue weighted by atomic mass is 9.73. The Balaban J connectivity index is 1.94. The van der Waals surface area contributed by atoms with E-state index in [1.54, 1.807) is 0 Å². The molecule has 3 aromatic carbocycles. The van der Waals surface area contributed by atoms with E-state index in [4.69, 9.17) is 0 Å². The molecule has 0 saturated carbocycles. The average Bonchev–Trinajstić information content (AvgIpc) is 2.88. The van der Waals surface area contributed by atoms with Crippen molar-refractivity contribution in [2.75, 3.05) is 0 Å². The van der Waals surface area contributed by atoms with Gasteiger partial charge in [-0.2, -0.15) is 0 Å². The molecule has 0 heteroatoms. The Morgan fingerprint density at radius 3 is 2.46 bits per heavy atom. The van der Waals surface area contributed by atoms with E-state index in [9.17, 15) is 0 Å². The van der Waals surface area contributed by atoms with Gasteiger partial charge in [-0.15, -0.1) is 0 Å². The van der Waals surface area contributed by atoms with Crippen molar-refractivity contribution in [3.8, 4) is 11.1 Å². The first-order valence-electron chi connectivity index (χ1n) is 9.68. The van der Waals surface area contributed by atoms with E-state index >= 15 is 0 Å². The van der Waals surface area contributed by atoms with Gasteiger partial charge in [0, 0.05) is 5.41 Å². The van der Waals surface area contributed by atoms with Crippen LogP contribution in [0.2, 0.25) is 0 Å². The number of hydrogen-bond donors (Lipinski definition) is 0. The highest BCUT2D eigenvalue weighted by molar-refractivity contribution is 6.04. The Hall–Kier alpha value is -2.60. The Morgan fingerprint density at radius 1 is 0.769 bits per heavy atom. The SMILES string of the molecule is Cc1ccc2c(c1)C1(/C=C\CC/C=C\C1)c1cc(C)c3ccccc3c1-2. The quantitative estimate of drug-likeness (QED) is 0.387. The van der Waals surface area contributed by atoms with Gasteiger partial charge < -0.3 is 0 Å². The highest BCUT2D eigenvalue weighted by Crippen LogP contribution is 2.55. The molecule has 3 aromatic rings. The second kappa shape index (κ2) is 5.71. The summed E-state index contributed by atoms with van der Waals surface area (Å²) in [6.07, 6.45) is 13.0. The zero-order valence-corrected chi connectivity index (χ0v) is 15.5. The van der Waals surface area contributed by atoms with Crippen LogP contribution in [-0.4, -0.2) is 0 Å². The molecular formula is C26H24. The van der Waals surface area contributed by atoms with Crippen LogP contribution in [0.5, 0.6) is 0 Å². The third-order valence-corrected chi connectivity index (χ3v) is 6.17. The number of allylic oxidation sites excluding steroid dienone is 4. The molecule has 0 aliphatic heterocycles. The van der Waals surface area contributed by atoms with Crippen molar-refractivity contribution in [1.29, 1.82) is 0 Å². The summed E-state index contributed by atoms with van der Waals surface area (Å²) in [7, 11) is 0. The molecule has 0 amide bonds. The molecule has 0 saturated heterocycles. The maximum absolute atomic E-state index is 2.49. The number of benzene rings is 3. The van der Waals surface area contributed by atoms with E-state index < -0.39 is 0 Å². The molecule has 1 spiro atoms. The normalized spacial score (nSPS) is 23.3. The maximum Gasteiger partial charge on any atom is 0.0429 e. The highest BCUT2D eigenvalue weighted by Gasteiger charge is 2.41.